The van der Waals surface area contributed by atoms with Crippen molar-refractivity contribution in [3.05, 3.63) is 28.3 Å². The van der Waals surface area contributed by atoms with Gasteiger partial charge in [-0.1, -0.05) is 11.6 Å². The molecule has 1 unspecified atom stereocenters. The SMILES string of the molecule is Cc1cc(Cl)cc2c1OCCCC2NC1CCC(O)CC1. The summed E-state index contributed by atoms with van der Waals surface area (Å²) in [6.45, 7) is 2.83. The monoisotopic (exact) mass is 309 g/mol. The Balaban J connectivity index is 1.80. The van der Waals surface area contributed by atoms with Gasteiger partial charge in [0.15, 0.2) is 0 Å². The second-order valence-corrected chi connectivity index (χ2v) is 6.79. The number of fused-ring (bicyclic) bond motifs is 1. The second kappa shape index (κ2) is 6.55. The first kappa shape index (κ1) is 15.1. The molecule has 0 saturated heterocycles. The van der Waals surface area contributed by atoms with Gasteiger partial charge in [0.2, 0.25) is 0 Å². The van der Waals surface area contributed by atoms with E-state index in [9.17, 15) is 5.11 Å². The molecule has 1 aromatic rings. The number of ether oxygens (including phenoxy) is 1. The predicted molar refractivity (Wildman–Crippen MR) is 85.1 cm³/mol. The van der Waals surface area contributed by atoms with Gasteiger partial charge in [-0.3, -0.25) is 0 Å². The van der Waals surface area contributed by atoms with Crippen LogP contribution in [0.25, 0.3) is 0 Å². The summed E-state index contributed by atoms with van der Waals surface area (Å²) in [6, 6.07) is 4.81. The zero-order valence-corrected chi connectivity index (χ0v) is 13.3. The zero-order chi connectivity index (χ0) is 14.8. The fraction of sp³-hybridized carbons (Fsp3) is 0.647. The molecule has 0 amide bonds. The van der Waals surface area contributed by atoms with Gasteiger partial charge >= 0.3 is 0 Å². The van der Waals surface area contributed by atoms with Gasteiger partial charge in [0.1, 0.15) is 5.75 Å². The summed E-state index contributed by atoms with van der Waals surface area (Å²) in [7, 11) is 0. The number of benzene rings is 1. The fourth-order valence-corrected chi connectivity index (χ4v) is 3.81. The van der Waals surface area contributed by atoms with Gasteiger partial charge in [-0.15, -0.1) is 0 Å². The number of nitrogens with one attached hydrogen (secondary N) is 1. The van der Waals surface area contributed by atoms with Crippen LogP contribution in [0.1, 0.15) is 55.7 Å². The Labute approximate surface area is 131 Å². The van der Waals surface area contributed by atoms with E-state index < -0.39 is 0 Å². The predicted octanol–water partition coefficient (Wildman–Crippen LogP) is 3.76. The number of hydrogen-bond acceptors (Lipinski definition) is 3. The van der Waals surface area contributed by atoms with Gasteiger partial charge in [-0.05, 0) is 63.1 Å². The molecular formula is C17H24ClNO2. The molecule has 0 radical (unpaired) electrons. The topological polar surface area (TPSA) is 41.5 Å². The summed E-state index contributed by atoms with van der Waals surface area (Å²) < 4.78 is 5.93. The number of aliphatic hydroxyl groups excluding tert-OH is 1. The van der Waals surface area contributed by atoms with Gasteiger partial charge in [-0.25, -0.2) is 0 Å². The van der Waals surface area contributed by atoms with Crippen molar-refractivity contribution in [3.8, 4) is 5.75 Å². The standard InChI is InChI=1S/C17H24ClNO2/c1-11-9-12(18)10-15-16(3-2-8-21-17(11)15)19-13-4-6-14(20)7-5-13/h9-10,13-14,16,19-20H,2-8H2,1H3. The van der Waals surface area contributed by atoms with Gasteiger partial charge in [0.05, 0.1) is 12.7 Å². The highest BCUT2D eigenvalue weighted by molar-refractivity contribution is 6.30. The van der Waals surface area contributed by atoms with Crippen LogP contribution in [0, 0.1) is 6.92 Å². The largest absolute Gasteiger partial charge is 0.493 e. The molecule has 1 fully saturated rings. The molecule has 21 heavy (non-hydrogen) atoms. The maximum Gasteiger partial charge on any atom is 0.127 e. The Morgan fingerprint density at radius 1 is 1.19 bits per heavy atom. The molecule has 0 bridgehead atoms. The summed E-state index contributed by atoms with van der Waals surface area (Å²) in [5.41, 5.74) is 2.31. The van der Waals surface area contributed by atoms with Gasteiger partial charge < -0.3 is 15.2 Å². The lowest BCUT2D eigenvalue weighted by Crippen LogP contribution is -2.37. The third-order valence-corrected chi connectivity index (χ3v) is 4.88. The lowest BCUT2D eigenvalue weighted by atomic mass is 9.91. The molecule has 1 aliphatic carbocycles. The average molecular weight is 310 g/mol. The van der Waals surface area contributed by atoms with Gasteiger partial charge in [-0.2, -0.15) is 0 Å². The first-order valence-electron chi connectivity index (χ1n) is 8.00. The van der Waals surface area contributed by atoms with Crippen molar-refractivity contribution in [2.45, 2.75) is 63.6 Å². The number of aliphatic hydroxyl groups is 1. The van der Waals surface area contributed by atoms with Crippen LogP contribution in [0.5, 0.6) is 5.75 Å². The van der Waals surface area contributed by atoms with E-state index in [4.69, 9.17) is 16.3 Å². The smallest absolute Gasteiger partial charge is 0.127 e. The van der Waals surface area contributed by atoms with Crippen molar-refractivity contribution < 1.29 is 9.84 Å². The molecule has 3 nitrogen and oxygen atoms in total. The molecule has 1 heterocycles. The fourth-order valence-electron chi connectivity index (χ4n) is 3.53. The highest BCUT2D eigenvalue weighted by atomic mass is 35.5. The molecule has 3 rings (SSSR count). The molecule has 2 N–H and O–H groups in total. The van der Waals surface area contributed by atoms with Crippen molar-refractivity contribution >= 4 is 11.6 Å². The van der Waals surface area contributed by atoms with Crippen molar-refractivity contribution in [3.63, 3.8) is 0 Å². The van der Waals surface area contributed by atoms with E-state index in [1.54, 1.807) is 0 Å². The lowest BCUT2D eigenvalue weighted by Gasteiger charge is -2.30. The van der Waals surface area contributed by atoms with E-state index in [0.717, 1.165) is 61.5 Å². The lowest BCUT2D eigenvalue weighted by molar-refractivity contribution is 0.114. The summed E-state index contributed by atoms with van der Waals surface area (Å²) >= 11 is 6.25. The van der Waals surface area contributed by atoms with Crippen molar-refractivity contribution in [1.29, 1.82) is 0 Å². The second-order valence-electron chi connectivity index (χ2n) is 6.36. The minimum atomic E-state index is -0.107. The molecule has 0 spiro atoms. The highest BCUT2D eigenvalue weighted by Gasteiger charge is 2.26. The van der Waals surface area contributed by atoms with Crippen LogP contribution >= 0.6 is 11.6 Å². The van der Waals surface area contributed by atoms with E-state index in [1.807, 2.05) is 12.1 Å². The first-order chi connectivity index (χ1) is 10.1. The summed E-state index contributed by atoms with van der Waals surface area (Å²) in [6.07, 6.45) is 5.93. The normalized spacial score (nSPS) is 29.4. The third-order valence-electron chi connectivity index (χ3n) is 4.66. The Kier molecular flexibility index (Phi) is 4.72. The Bertz CT molecular complexity index is 498. The van der Waals surface area contributed by atoms with Crippen LogP contribution in [0.15, 0.2) is 12.1 Å². The van der Waals surface area contributed by atoms with E-state index in [0.29, 0.717) is 12.1 Å². The van der Waals surface area contributed by atoms with E-state index >= 15 is 0 Å². The minimum Gasteiger partial charge on any atom is -0.493 e. The Morgan fingerprint density at radius 2 is 1.95 bits per heavy atom. The third kappa shape index (κ3) is 3.53. The molecule has 1 aliphatic heterocycles. The Morgan fingerprint density at radius 3 is 2.71 bits per heavy atom. The summed E-state index contributed by atoms with van der Waals surface area (Å²) in [5.74, 6) is 1.00. The molecule has 1 atom stereocenters. The van der Waals surface area contributed by atoms with Gasteiger partial charge in [0, 0.05) is 22.7 Å². The number of rotatable bonds is 2. The van der Waals surface area contributed by atoms with Crippen LogP contribution in [-0.2, 0) is 0 Å². The Hall–Kier alpha value is -0.770. The molecule has 0 aromatic heterocycles. The number of aryl methyl sites for hydroxylation is 1. The maximum absolute atomic E-state index is 9.64. The quantitative estimate of drug-likeness (QED) is 0.874. The first-order valence-corrected chi connectivity index (χ1v) is 8.38. The molecule has 2 aliphatic rings. The van der Waals surface area contributed by atoms with Crippen LogP contribution in [-0.4, -0.2) is 23.9 Å². The molecule has 1 aromatic carbocycles. The number of halogens is 1. The van der Waals surface area contributed by atoms with Crippen molar-refractivity contribution in [2.24, 2.45) is 0 Å². The van der Waals surface area contributed by atoms with E-state index in [-0.39, 0.29) is 6.10 Å². The van der Waals surface area contributed by atoms with E-state index in [2.05, 4.69) is 12.2 Å². The minimum absolute atomic E-state index is 0.107. The van der Waals surface area contributed by atoms with E-state index in [1.165, 1.54) is 5.56 Å². The summed E-state index contributed by atoms with van der Waals surface area (Å²) in [5, 5.41) is 14.2. The van der Waals surface area contributed by atoms with Crippen LogP contribution in [0.4, 0.5) is 0 Å². The van der Waals surface area contributed by atoms with Gasteiger partial charge in [0.25, 0.3) is 0 Å². The maximum atomic E-state index is 9.64. The number of hydrogen-bond donors (Lipinski definition) is 2. The highest BCUT2D eigenvalue weighted by Crippen LogP contribution is 2.37. The molecule has 4 heteroatoms. The van der Waals surface area contributed by atoms with Crippen molar-refractivity contribution in [1.82, 2.24) is 5.32 Å². The molecular weight excluding hydrogens is 286 g/mol. The zero-order valence-electron chi connectivity index (χ0n) is 12.6. The van der Waals surface area contributed by atoms with Crippen LogP contribution in [0.3, 0.4) is 0 Å². The van der Waals surface area contributed by atoms with Crippen molar-refractivity contribution in [2.75, 3.05) is 6.61 Å². The molecule has 116 valence electrons. The summed E-state index contributed by atoms with van der Waals surface area (Å²) in [4.78, 5) is 0. The van der Waals surface area contributed by atoms with Crippen LogP contribution < -0.4 is 10.1 Å². The molecule has 1 saturated carbocycles. The van der Waals surface area contributed by atoms with Crippen LogP contribution in [0.2, 0.25) is 5.02 Å². The average Bonchev–Trinajstić information content (AvgIpc) is 2.64.